The predicted octanol–water partition coefficient (Wildman–Crippen LogP) is 2.56. The zero-order valence-electron chi connectivity index (χ0n) is 13.0. The first-order valence-electron chi connectivity index (χ1n) is 6.79. The van der Waals surface area contributed by atoms with Crippen LogP contribution in [0.3, 0.4) is 0 Å². The second kappa shape index (κ2) is 7.43. The molecule has 0 aliphatic carbocycles. The summed E-state index contributed by atoms with van der Waals surface area (Å²) in [5, 5.41) is 0. The van der Waals surface area contributed by atoms with E-state index in [0.717, 1.165) is 11.3 Å². The van der Waals surface area contributed by atoms with Crippen LogP contribution in [-0.2, 0) is 4.79 Å². The number of benzene rings is 1. The summed E-state index contributed by atoms with van der Waals surface area (Å²) in [7, 11) is 3.91. The van der Waals surface area contributed by atoms with Crippen LogP contribution in [0.5, 0.6) is 0 Å². The van der Waals surface area contributed by atoms with Crippen LogP contribution < -0.4 is 10.6 Å². The fourth-order valence-electron chi connectivity index (χ4n) is 1.93. The average Bonchev–Trinajstić information content (AvgIpc) is 2.44. The molecule has 0 heterocycles. The molecule has 0 aromatic heterocycles. The number of anilines is 1. The highest BCUT2D eigenvalue weighted by atomic mass is 16.1. The third-order valence-electron chi connectivity index (χ3n) is 3.11. The molecule has 1 unspecified atom stereocenters. The Hall–Kier alpha value is -2.36. The number of rotatable bonds is 6. The normalized spacial score (nSPS) is 13.2. The SMILES string of the molecule is CC(/C=C/C(N)=O)=C\C(C)C(=O)c1ccc(N(C)C)cc1. The Bertz CT molecular complexity index is 569. The van der Waals surface area contributed by atoms with Gasteiger partial charge in [-0.3, -0.25) is 9.59 Å². The lowest BCUT2D eigenvalue weighted by atomic mass is 9.97. The van der Waals surface area contributed by atoms with Crippen molar-refractivity contribution in [3.8, 4) is 0 Å². The molecule has 0 radical (unpaired) electrons. The third kappa shape index (κ3) is 5.26. The Morgan fingerprint density at radius 2 is 1.71 bits per heavy atom. The van der Waals surface area contributed by atoms with Crippen molar-refractivity contribution in [2.24, 2.45) is 11.7 Å². The number of carbonyl (C=O) groups is 2. The van der Waals surface area contributed by atoms with Gasteiger partial charge in [0.15, 0.2) is 5.78 Å². The first-order valence-corrected chi connectivity index (χ1v) is 6.79. The number of primary amides is 1. The molecule has 21 heavy (non-hydrogen) atoms. The van der Waals surface area contributed by atoms with E-state index in [9.17, 15) is 9.59 Å². The molecule has 1 rings (SSSR count). The summed E-state index contributed by atoms with van der Waals surface area (Å²) in [6.45, 7) is 3.67. The highest BCUT2D eigenvalue weighted by Gasteiger charge is 2.13. The molecule has 0 bridgehead atoms. The summed E-state index contributed by atoms with van der Waals surface area (Å²) >= 11 is 0. The minimum Gasteiger partial charge on any atom is -0.378 e. The van der Waals surface area contributed by atoms with Gasteiger partial charge in [0, 0.05) is 37.3 Å². The molecule has 0 spiro atoms. The van der Waals surface area contributed by atoms with E-state index < -0.39 is 5.91 Å². The lowest BCUT2D eigenvalue weighted by Crippen LogP contribution is -2.11. The van der Waals surface area contributed by atoms with Crippen molar-refractivity contribution in [2.75, 3.05) is 19.0 Å². The van der Waals surface area contributed by atoms with Gasteiger partial charge in [-0.1, -0.05) is 24.6 Å². The first-order chi connectivity index (χ1) is 9.81. The van der Waals surface area contributed by atoms with E-state index in [0.29, 0.717) is 5.56 Å². The molecule has 4 nitrogen and oxygen atoms in total. The van der Waals surface area contributed by atoms with Crippen molar-refractivity contribution >= 4 is 17.4 Å². The maximum absolute atomic E-state index is 12.3. The maximum atomic E-state index is 12.3. The number of carbonyl (C=O) groups excluding carboxylic acids is 2. The second-order valence-corrected chi connectivity index (χ2v) is 5.24. The van der Waals surface area contributed by atoms with Crippen LogP contribution in [0.25, 0.3) is 0 Å². The zero-order chi connectivity index (χ0) is 16.0. The lowest BCUT2D eigenvalue weighted by molar-refractivity contribution is -0.113. The molecule has 0 saturated carbocycles. The van der Waals surface area contributed by atoms with Gasteiger partial charge in [-0.25, -0.2) is 0 Å². The van der Waals surface area contributed by atoms with Crippen LogP contribution in [0.15, 0.2) is 48.1 Å². The molecule has 1 aromatic rings. The fraction of sp³-hybridized carbons (Fsp3) is 0.294. The Kier molecular flexibility index (Phi) is 5.91. The number of nitrogens with two attached hydrogens (primary N) is 1. The van der Waals surface area contributed by atoms with E-state index in [2.05, 4.69) is 0 Å². The largest absolute Gasteiger partial charge is 0.378 e. The van der Waals surface area contributed by atoms with Crippen molar-refractivity contribution in [2.45, 2.75) is 13.8 Å². The van der Waals surface area contributed by atoms with Gasteiger partial charge in [0.1, 0.15) is 0 Å². The molecule has 2 N–H and O–H groups in total. The van der Waals surface area contributed by atoms with E-state index in [1.54, 1.807) is 6.08 Å². The molecule has 0 aliphatic heterocycles. The minimum absolute atomic E-state index is 0.0483. The van der Waals surface area contributed by atoms with Gasteiger partial charge < -0.3 is 10.6 Å². The van der Waals surface area contributed by atoms with Gasteiger partial charge in [-0.15, -0.1) is 0 Å². The fourth-order valence-corrected chi connectivity index (χ4v) is 1.93. The molecule has 112 valence electrons. The van der Waals surface area contributed by atoms with Crippen LogP contribution in [-0.4, -0.2) is 25.8 Å². The molecule has 4 heteroatoms. The van der Waals surface area contributed by atoms with Crippen molar-refractivity contribution in [1.82, 2.24) is 0 Å². The van der Waals surface area contributed by atoms with Crippen LogP contribution in [0.4, 0.5) is 5.69 Å². The monoisotopic (exact) mass is 286 g/mol. The topological polar surface area (TPSA) is 63.4 Å². The first kappa shape index (κ1) is 16.7. The van der Waals surface area contributed by atoms with E-state index in [1.807, 2.05) is 63.2 Å². The zero-order valence-corrected chi connectivity index (χ0v) is 13.0. The highest BCUT2D eigenvalue weighted by Crippen LogP contribution is 2.16. The molecule has 1 amide bonds. The number of Topliss-reactive ketones (excluding diaryl/α,β-unsaturated/α-hetero) is 1. The van der Waals surface area contributed by atoms with Gasteiger partial charge in [-0.05, 0) is 31.2 Å². The molecule has 1 aromatic carbocycles. The number of hydrogen-bond donors (Lipinski definition) is 1. The standard InChI is InChI=1S/C17H22N2O2/c1-12(5-10-16(18)20)11-13(2)17(21)14-6-8-15(9-7-14)19(3)4/h5-11,13H,1-4H3,(H2,18,20)/b10-5+,12-11+. The number of allylic oxidation sites excluding steroid dienone is 3. The summed E-state index contributed by atoms with van der Waals surface area (Å²) in [4.78, 5) is 25.0. The van der Waals surface area contributed by atoms with Gasteiger partial charge in [-0.2, -0.15) is 0 Å². The Labute approximate surface area is 125 Å². The Morgan fingerprint density at radius 3 is 2.19 bits per heavy atom. The molecular formula is C17H22N2O2. The summed E-state index contributed by atoms with van der Waals surface area (Å²) in [6.07, 6.45) is 4.72. The summed E-state index contributed by atoms with van der Waals surface area (Å²) < 4.78 is 0. The Morgan fingerprint density at radius 1 is 1.14 bits per heavy atom. The second-order valence-electron chi connectivity index (χ2n) is 5.24. The van der Waals surface area contributed by atoms with Crippen molar-refractivity contribution in [3.05, 3.63) is 53.6 Å². The number of hydrogen-bond acceptors (Lipinski definition) is 3. The average molecular weight is 286 g/mol. The summed E-state index contributed by atoms with van der Waals surface area (Å²) in [5.74, 6) is -0.708. The van der Waals surface area contributed by atoms with Crippen molar-refractivity contribution in [1.29, 1.82) is 0 Å². The van der Waals surface area contributed by atoms with E-state index in [4.69, 9.17) is 5.73 Å². The van der Waals surface area contributed by atoms with Gasteiger partial charge in [0.2, 0.25) is 5.91 Å². The van der Waals surface area contributed by atoms with Crippen LogP contribution in [0.1, 0.15) is 24.2 Å². The van der Waals surface area contributed by atoms with Gasteiger partial charge >= 0.3 is 0 Å². The highest BCUT2D eigenvalue weighted by molar-refractivity contribution is 5.99. The maximum Gasteiger partial charge on any atom is 0.241 e. The van der Waals surface area contributed by atoms with Gasteiger partial charge in [0.05, 0.1) is 0 Å². The van der Waals surface area contributed by atoms with Crippen molar-refractivity contribution < 1.29 is 9.59 Å². The number of nitrogens with zero attached hydrogens (tertiary/aromatic N) is 1. The van der Waals surface area contributed by atoms with E-state index >= 15 is 0 Å². The molecule has 0 saturated heterocycles. The van der Waals surface area contributed by atoms with Crippen LogP contribution in [0, 0.1) is 5.92 Å². The third-order valence-corrected chi connectivity index (χ3v) is 3.11. The summed E-state index contributed by atoms with van der Waals surface area (Å²) in [6, 6.07) is 7.50. The molecule has 0 fully saturated rings. The number of amides is 1. The smallest absolute Gasteiger partial charge is 0.241 e. The van der Waals surface area contributed by atoms with E-state index in [-0.39, 0.29) is 11.7 Å². The molecular weight excluding hydrogens is 264 g/mol. The lowest BCUT2D eigenvalue weighted by Gasteiger charge is -2.13. The van der Waals surface area contributed by atoms with Gasteiger partial charge in [0.25, 0.3) is 0 Å². The van der Waals surface area contributed by atoms with E-state index in [1.165, 1.54) is 6.08 Å². The minimum atomic E-state index is -0.499. The van der Waals surface area contributed by atoms with Crippen LogP contribution >= 0.6 is 0 Å². The van der Waals surface area contributed by atoms with Crippen molar-refractivity contribution in [3.63, 3.8) is 0 Å². The molecule has 0 aliphatic rings. The molecule has 1 atom stereocenters. The predicted molar refractivity (Wildman–Crippen MR) is 86.4 cm³/mol. The van der Waals surface area contributed by atoms with Crippen LogP contribution in [0.2, 0.25) is 0 Å². The summed E-state index contributed by atoms with van der Waals surface area (Å²) in [5.41, 5.74) is 7.60. The number of ketones is 1. The Balaban J connectivity index is 2.82. The quantitative estimate of drug-likeness (QED) is 0.496.